The summed E-state index contributed by atoms with van der Waals surface area (Å²) in [6.07, 6.45) is 6.76. The van der Waals surface area contributed by atoms with Crippen molar-refractivity contribution in [1.82, 2.24) is 35.1 Å². The lowest BCUT2D eigenvalue weighted by Gasteiger charge is -2.30. The van der Waals surface area contributed by atoms with E-state index < -0.39 is 0 Å². The van der Waals surface area contributed by atoms with Crippen LogP contribution in [0.25, 0.3) is 17.1 Å². The van der Waals surface area contributed by atoms with Crippen LogP contribution in [0.4, 0.5) is 5.69 Å². The van der Waals surface area contributed by atoms with Crippen molar-refractivity contribution in [2.24, 2.45) is 0 Å². The number of likely N-dealkylation sites (tertiary alicyclic amines) is 1. The Morgan fingerprint density at radius 1 is 1.14 bits per heavy atom. The molecule has 1 aromatic carbocycles. The van der Waals surface area contributed by atoms with Crippen LogP contribution in [0.15, 0.2) is 73.6 Å². The topological polar surface area (TPSA) is 122 Å². The molecule has 1 atom stereocenters. The van der Waals surface area contributed by atoms with Gasteiger partial charge in [-0.05, 0) is 61.4 Å². The minimum absolute atomic E-state index is 0.0528. The maximum atomic E-state index is 12.7. The number of piperidine rings is 1. The fraction of sp³-hybridized carbons (Fsp3) is 0.200. The van der Waals surface area contributed by atoms with Gasteiger partial charge in [0.2, 0.25) is 5.91 Å². The monoisotopic (exact) mass is 468 g/mol. The molecule has 1 aliphatic rings. The highest BCUT2D eigenvalue weighted by Crippen LogP contribution is 2.26. The van der Waals surface area contributed by atoms with Crippen LogP contribution in [0.1, 0.15) is 34.9 Å². The van der Waals surface area contributed by atoms with Crippen LogP contribution in [-0.4, -0.2) is 60.0 Å². The van der Waals surface area contributed by atoms with Gasteiger partial charge in [-0.15, -0.1) is 5.10 Å². The summed E-state index contributed by atoms with van der Waals surface area (Å²) in [5.74, 6) is -0.217. The molecule has 0 radical (unpaired) electrons. The number of carbonyl (C=O) groups excluding carboxylic acids is 2. The first-order chi connectivity index (χ1) is 17.1. The van der Waals surface area contributed by atoms with E-state index in [0.717, 1.165) is 36.5 Å². The lowest BCUT2D eigenvalue weighted by Crippen LogP contribution is -2.38. The molecule has 1 unspecified atom stereocenters. The number of nitrogens with one attached hydrogen (secondary N) is 2. The van der Waals surface area contributed by atoms with E-state index in [9.17, 15) is 9.59 Å². The molecule has 0 spiro atoms. The Hall–Kier alpha value is -4.60. The molecule has 2 amide bonds. The van der Waals surface area contributed by atoms with Gasteiger partial charge in [0.1, 0.15) is 5.69 Å². The summed E-state index contributed by atoms with van der Waals surface area (Å²) in [5.41, 5.74) is 3.99. The van der Waals surface area contributed by atoms with Gasteiger partial charge in [-0.25, -0.2) is 9.67 Å². The third kappa shape index (κ3) is 4.86. The van der Waals surface area contributed by atoms with Gasteiger partial charge < -0.3 is 10.2 Å². The second-order valence-electron chi connectivity index (χ2n) is 8.29. The molecule has 1 saturated heterocycles. The molecular formula is C25H24N8O2. The number of H-pyrrole nitrogens is 1. The van der Waals surface area contributed by atoms with Gasteiger partial charge in [-0.2, -0.15) is 5.10 Å². The molecule has 1 fully saturated rings. The van der Waals surface area contributed by atoms with Crippen molar-refractivity contribution in [2.45, 2.75) is 18.8 Å². The van der Waals surface area contributed by atoms with Crippen molar-refractivity contribution in [3.63, 3.8) is 0 Å². The molecular weight excluding hydrogens is 444 g/mol. The molecule has 0 aliphatic carbocycles. The van der Waals surface area contributed by atoms with E-state index in [2.05, 4.69) is 37.4 Å². The fourth-order valence-corrected chi connectivity index (χ4v) is 4.14. The number of hydrogen-bond acceptors (Lipinski definition) is 6. The Kier molecular flexibility index (Phi) is 6.16. The van der Waals surface area contributed by atoms with E-state index >= 15 is 0 Å². The zero-order valence-electron chi connectivity index (χ0n) is 19.0. The maximum Gasteiger partial charge on any atom is 0.274 e. The molecule has 0 bridgehead atoms. The second kappa shape index (κ2) is 9.72. The number of anilines is 1. The lowest BCUT2D eigenvalue weighted by molar-refractivity contribution is -0.127. The van der Waals surface area contributed by atoms with E-state index in [0.29, 0.717) is 23.6 Å². The second-order valence-corrected chi connectivity index (χ2v) is 8.29. The molecule has 2 N–H and O–H groups in total. The van der Waals surface area contributed by atoms with Crippen LogP contribution in [0.2, 0.25) is 0 Å². The van der Waals surface area contributed by atoms with Crippen LogP contribution in [0.5, 0.6) is 0 Å². The van der Waals surface area contributed by atoms with Crippen molar-refractivity contribution in [1.29, 1.82) is 0 Å². The van der Waals surface area contributed by atoms with Crippen LogP contribution in [0, 0.1) is 0 Å². The third-order valence-electron chi connectivity index (χ3n) is 5.99. The maximum absolute atomic E-state index is 12.7. The van der Waals surface area contributed by atoms with Crippen molar-refractivity contribution < 1.29 is 9.59 Å². The predicted molar refractivity (Wildman–Crippen MR) is 130 cm³/mol. The number of benzene rings is 1. The Morgan fingerprint density at radius 3 is 2.77 bits per heavy atom. The smallest absolute Gasteiger partial charge is 0.274 e. The summed E-state index contributed by atoms with van der Waals surface area (Å²) in [6.45, 7) is 4.93. The van der Waals surface area contributed by atoms with E-state index in [-0.39, 0.29) is 17.7 Å². The molecule has 10 nitrogen and oxygen atoms in total. The number of hydrogen-bond donors (Lipinski definition) is 2. The number of rotatable bonds is 6. The van der Waals surface area contributed by atoms with Gasteiger partial charge in [0.05, 0.1) is 29.0 Å². The van der Waals surface area contributed by atoms with Crippen molar-refractivity contribution in [3.8, 4) is 17.1 Å². The Labute approximate surface area is 201 Å². The summed E-state index contributed by atoms with van der Waals surface area (Å²) < 4.78 is 1.70. The fourth-order valence-electron chi connectivity index (χ4n) is 4.14. The summed E-state index contributed by atoms with van der Waals surface area (Å²) in [7, 11) is 0. The first-order valence-electron chi connectivity index (χ1n) is 11.3. The average Bonchev–Trinajstić information content (AvgIpc) is 3.62. The zero-order chi connectivity index (χ0) is 24.2. The molecule has 4 aromatic rings. The number of carbonyl (C=O) groups is 2. The summed E-state index contributed by atoms with van der Waals surface area (Å²) in [6, 6.07) is 14.4. The standard InChI is InChI=1S/C25H24N8O2/c1-2-24(34)32-14-4-5-17(15-32)23-16-33(31-30-23)19-10-8-18(9-11-19)27-25(35)22-7-3-6-20(28-22)21-12-13-26-29-21/h2-3,6-13,16-17H,1,4-5,14-15H2,(H,26,29)(H,27,35). The van der Waals surface area contributed by atoms with Crippen LogP contribution < -0.4 is 5.32 Å². The Bertz CT molecular complexity index is 1340. The molecule has 3 aromatic heterocycles. The highest BCUT2D eigenvalue weighted by Gasteiger charge is 2.25. The van der Waals surface area contributed by atoms with E-state index in [1.807, 2.05) is 24.4 Å². The van der Waals surface area contributed by atoms with E-state index in [1.54, 1.807) is 46.1 Å². The van der Waals surface area contributed by atoms with Crippen molar-refractivity contribution in [3.05, 3.63) is 85.0 Å². The Balaban J connectivity index is 1.25. The largest absolute Gasteiger partial charge is 0.339 e. The number of aromatic nitrogens is 6. The van der Waals surface area contributed by atoms with Crippen molar-refractivity contribution in [2.75, 3.05) is 18.4 Å². The van der Waals surface area contributed by atoms with Gasteiger partial charge in [0.15, 0.2) is 0 Å². The average molecular weight is 469 g/mol. The SMILES string of the molecule is C=CC(=O)N1CCCC(c2cn(-c3ccc(NC(=O)c4cccc(-c5ccn[nH]5)n4)cc3)nn2)C1. The Morgan fingerprint density at radius 2 is 2.00 bits per heavy atom. The highest BCUT2D eigenvalue weighted by molar-refractivity contribution is 6.03. The summed E-state index contributed by atoms with van der Waals surface area (Å²) in [4.78, 5) is 30.9. The first-order valence-corrected chi connectivity index (χ1v) is 11.3. The van der Waals surface area contributed by atoms with Gasteiger partial charge in [0.25, 0.3) is 5.91 Å². The lowest BCUT2D eigenvalue weighted by atomic mass is 9.95. The molecule has 176 valence electrons. The number of amides is 2. The van der Waals surface area contributed by atoms with Gasteiger partial charge in [0, 0.05) is 30.9 Å². The molecule has 0 saturated carbocycles. The summed E-state index contributed by atoms with van der Waals surface area (Å²) >= 11 is 0. The number of nitrogens with zero attached hydrogens (tertiary/aromatic N) is 6. The van der Waals surface area contributed by atoms with Gasteiger partial charge in [-0.1, -0.05) is 17.9 Å². The molecule has 10 heteroatoms. The third-order valence-corrected chi connectivity index (χ3v) is 5.99. The molecule has 4 heterocycles. The minimum atomic E-state index is -0.307. The van der Waals surface area contributed by atoms with E-state index in [4.69, 9.17) is 0 Å². The van der Waals surface area contributed by atoms with Crippen molar-refractivity contribution >= 4 is 17.5 Å². The number of pyridine rings is 1. The molecule has 35 heavy (non-hydrogen) atoms. The number of aromatic amines is 1. The van der Waals surface area contributed by atoms with Crippen LogP contribution in [0.3, 0.4) is 0 Å². The summed E-state index contributed by atoms with van der Waals surface area (Å²) in [5, 5.41) is 18.2. The molecule has 1 aliphatic heterocycles. The quantitative estimate of drug-likeness (QED) is 0.419. The van der Waals surface area contributed by atoms with Crippen LogP contribution >= 0.6 is 0 Å². The normalized spacial score (nSPS) is 15.5. The molecule has 5 rings (SSSR count). The first kappa shape index (κ1) is 22.2. The van der Waals surface area contributed by atoms with Gasteiger partial charge in [-0.3, -0.25) is 14.7 Å². The van der Waals surface area contributed by atoms with E-state index in [1.165, 1.54) is 6.08 Å². The predicted octanol–water partition coefficient (Wildman–Crippen LogP) is 3.20. The zero-order valence-corrected chi connectivity index (χ0v) is 19.0. The highest BCUT2D eigenvalue weighted by atomic mass is 16.2. The van der Waals surface area contributed by atoms with Crippen LogP contribution in [-0.2, 0) is 4.79 Å². The van der Waals surface area contributed by atoms with Gasteiger partial charge >= 0.3 is 0 Å². The minimum Gasteiger partial charge on any atom is -0.339 e.